The van der Waals surface area contributed by atoms with Gasteiger partial charge in [-0.2, -0.15) is 0 Å². The van der Waals surface area contributed by atoms with Crippen LogP contribution in [0, 0.1) is 0 Å². The van der Waals surface area contributed by atoms with Gasteiger partial charge in [-0.15, -0.1) is 0 Å². The van der Waals surface area contributed by atoms with E-state index in [0.717, 1.165) is 34.6 Å². The van der Waals surface area contributed by atoms with Crippen molar-refractivity contribution < 1.29 is 66.6 Å². The molecule has 0 aliphatic heterocycles. The molecule has 124 valence electrons. The van der Waals surface area contributed by atoms with Gasteiger partial charge in [0.15, 0.2) is 0 Å². The Labute approximate surface area is 131 Å². The van der Waals surface area contributed by atoms with E-state index in [-0.39, 0.29) is 17.1 Å². The Morgan fingerprint density at radius 1 is 0.571 bits per heavy atom. The van der Waals surface area contributed by atoms with Gasteiger partial charge in [-0.05, 0) is 20.8 Å². The maximum Gasteiger partial charge on any atom is 3.00 e. The van der Waals surface area contributed by atoms with Gasteiger partial charge in [0.2, 0.25) is 0 Å². The maximum atomic E-state index is 9.00. The van der Waals surface area contributed by atoms with Crippen LogP contribution in [-0.2, 0) is 41.0 Å². The Morgan fingerprint density at radius 3 is 0.571 bits per heavy atom. The van der Waals surface area contributed by atoms with E-state index in [0.29, 0.717) is 0 Å². The minimum atomic E-state index is -1.08. The SMILES string of the molecule is CC(=O)O.CC(=O)O.CC(=O)[O-].CC(=O)[O-].CC(=O)[O-].[Mn+3]. The minimum absolute atomic E-state index is 0. The van der Waals surface area contributed by atoms with Crippen molar-refractivity contribution in [3.63, 3.8) is 0 Å². The molecule has 21 heavy (non-hydrogen) atoms. The van der Waals surface area contributed by atoms with E-state index in [1.165, 1.54) is 0 Å². The van der Waals surface area contributed by atoms with Gasteiger partial charge in [0.05, 0.1) is 0 Å². The van der Waals surface area contributed by atoms with Crippen LogP contribution in [0.5, 0.6) is 0 Å². The molecular formula is C10H17MnO10. The molecular weight excluding hydrogens is 335 g/mol. The van der Waals surface area contributed by atoms with Crippen molar-refractivity contribution in [2.75, 3.05) is 0 Å². The molecule has 0 aromatic heterocycles. The van der Waals surface area contributed by atoms with Gasteiger partial charge in [-0.3, -0.25) is 9.59 Å². The van der Waals surface area contributed by atoms with Crippen molar-refractivity contribution in [3.05, 3.63) is 0 Å². The Morgan fingerprint density at radius 2 is 0.571 bits per heavy atom. The van der Waals surface area contributed by atoms with Crippen LogP contribution in [0.2, 0.25) is 0 Å². The first-order valence-electron chi connectivity index (χ1n) is 4.58. The topological polar surface area (TPSA) is 195 Å². The second-order valence-electron chi connectivity index (χ2n) is 2.51. The van der Waals surface area contributed by atoms with Gasteiger partial charge < -0.3 is 39.9 Å². The van der Waals surface area contributed by atoms with Crippen molar-refractivity contribution in [1.29, 1.82) is 0 Å². The predicted molar refractivity (Wildman–Crippen MR) is 58.7 cm³/mol. The maximum absolute atomic E-state index is 9.00. The Balaban J connectivity index is -0.0000000331. The fraction of sp³-hybridized carbons (Fsp3) is 0.500. The number of carboxylic acid groups (broad SMARTS) is 5. The molecule has 0 aliphatic carbocycles. The molecule has 0 saturated heterocycles. The predicted octanol–water partition coefficient (Wildman–Crippen LogP) is -3.55. The molecule has 0 bridgehead atoms. The normalized spacial score (nSPS) is 5.95. The molecule has 0 spiro atoms. The van der Waals surface area contributed by atoms with Crippen molar-refractivity contribution >= 4 is 29.8 Å². The van der Waals surface area contributed by atoms with E-state index in [1.807, 2.05) is 0 Å². The molecule has 0 aliphatic rings. The standard InChI is InChI=1S/5C2H4O2.Mn/c5*1-2(3)4;/h5*1H3,(H,3,4);/q;;;;;+3/p-3. The number of hydrogen-bond donors (Lipinski definition) is 2. The van der Waals surface area contributed by atoms with Crippen LogP contribution in [0.1, 0.15) is 34.6 Å². The van der Waals surface area contributed by atoms with E-state index in [4.69, 9.17) is 49.5 Å². The van der Waals surface area contributed by atoms with E-state index < -0.39 is 29.8 Å². The summed E-state index contributed by atoms with van der Waals surface area (Å²) in [6, 6.07) is 0. The van der Waals surface area contributed by atoms with Crippen molar-refractivity contribution in [2.45, 2.75) is 34.6 Å². The quantitative estimate of drug-likeness (QED) is 0.412. The molecule has 0 amide bonds. The number of rotatable bonds is 0. The fourth-order valence-corrected chi connectivity index (χ4v) is 0. The molecule has 11 heteroatoms. The first-order valence-corrected chi connectivity index (χ1v) is 4.58. The van der Waals surface area contributed by atoms with Crippen LogP contribution in [0.15, 0.2) is 0 Å². The summed E-state index contributed by atoms with van der Waals surface area (Å²) in [6.07, 6.45) is 0. The zero-order valence-corrected chi connectivity index (χ0v) is 13.2. The third kappa shape index (κ3) is 991. The Kier molecular flexibility index (Phi) is 53.2. The largest absolute Gasteiger partial charge is 3.00 e. The summed E-state index contributed by atoms with van der Waals surface area (Å²) >= 11 is 0. The van der Waals surface area contributed by atoms with Crippen LogP contribution < -0.4 is 15.3 Å². The average Bonchev–Trinajstić information content (AvgIpc) is 1.94. The smallest absolute Gasteiger partial charge is 0.550 e. The first kappa shape index (κ1) is 36.4. The van der Waals surface area contributed by atoms with Crippen LogP contribution >= 0.6 is 0 Å². The van der Waals surface area contributed by atoms with Crippen LogP contribution in [0.25, 0.3) is 0 Å². The molecule has 0 rings (SSSR count). The molecule has 0 unspecified atom stereocenters. The number of hydrogen-bond acceptors (Lipinski definition) is 8. The van der Waals surface area contributed by atoms with Crippen LogP contribution in [0.3, 0.4) is 0 Å². The summed E-state index contributed by atoms with van der Waals surface area (Å²) in [6.45, 7) is 5.08. The second kappa shape index (κ2) is 30.7. The molecule has 0 saturated carbocycles. The number of carboxylic acids is 5. The third-order valence-corrected chi connectivity index (χ3v) is 0. The van der Waals surface area contributed by atoms with Crippen molar-refractivity contribution in [3.8, 4) is 0 Å². The summed E-state index contributed by atoms with van der Waals surface area (Å²) in [5.41, 5.74) is 0. The number of carbonyl (C=O) groups excluding carboxylic acids is 3. The molecule has 0 heterocycles. The second-order valence-corrected chi connectivity index (χ2v) is 2.51. The zero-order valence-electron chi connectivity index (χ0n) is 12.0. The molecule has 0 atom stereocenters. The van der Waals surface area contributed by atoms with Crippen LogP contribution in [-0.4, -0.2) is 40.1 Å². The van der Waals surface area contributed by atoms with E-state index in [1.54, 1.807) is 0 Å². The number of aliphatic carboxylic acids is 5. The Bertz CT molecular complexity index is 211. The monoisotopic (exact) mass is 352 g/mol. The number of carbonyl (C=O) groups is 5. The van der Waals surface area contributed by atoms with Gasteiger partial charge in [-0.1, -0.05) is 0 Å². The average molecular weight is 352 g/mol. The summed E-state index contributed by atoms with van der Waals surface area (Å²) in [7, 11) is 0. The third-order valence-electron chi connectivity index (χ3n) is 0. The molecule has 0 fully saturated rings. The summed E-state index contributed by atoms with van der Waals surface area (Å²) in [4.78, 5) is 44.7. The van der Waals surface area contributed by atoms with Crippen LogP contribution in [0.4, 0.5) is 0 Å². The summed E-state index contributed by atoms with van der Waals surface area (Å²) in [5, 5.41) is 41.5. The van der Waals surface area contributed by atoms with Crippen molar-refractivity contribution in [1.82, 2.24) is 0 Å². The van der Waals surface area contributed by atoms with E-state index in [2.05, 4.69) is 0 Å². The zero-order chi connectivity index (χ0) is 17.9. The fourth-order valence-electron chi connectivity index (χ4n) is 0. The van der Waals surface area contributed by atoms with E-state index in [9.17, 15) is 0 Å². The molecule has 0 aromatic carbocycles. The molecule has 0 radical (unpaired) electrons. The summed E-state index contributed by atoms with van der Waals surface area (Å²) in [5.74, 6) is -4.92. The molecule has 2 N–H and O–H groups in total. The first-order chi connectivity index (χ1) is 8.66. The van der Waals surface area contributed by atoms with Crippen molar-refractivity contribution in [2.24, 2.45) is 0 Å². The van der Waals surface area contributed by atoms with Gasteiger partial charge in [0, 0.05) is 31.8 Å². The van der Waals surface area contributed by atoms with Gasteiger partial charge >= 0.3 is 17.1 Å². The van der Waals surface area contributed by atoms with Gasteiger partial charge in [0.25, 0.3) is 11.9 Å². The Hall–Kier alpha value is -2.13. The van der Waals surface area contributed by atoms with E-state index >= 15 is 0 Å². The van der Waals surface area contributed by atoms with Gasteiger partial charge in [0.1, 0.15) is 0 Å². The molecule has 0 aromatic rings. The molecule has 10 nitrogen and oxygen atoms in total. The minimum Gasteiger partial charge on any atom is -0.550 e. The van der Waals surface area contributed by atoms with Gasteiger partial charge in [-0.25, -0.2) is 0 Å². The summed E-state index contributed by atoms with van der Waals surface area (Å²) < 4.78 is 0.